The van der Waals surface area contributed by atoms with Crippen molar-refractivity contribution in [2.75, 3.05) is 11.5 Å². The molecule has 1 aliphatic carbocycles. The van der Waals surface area contributed by atoms with Crippen molar-refractivity contribution in [2.45, 2.75) is 72.5 Å². The summed E-state index contributed by atoms with van der Waals surface area (Å²) >= 11 is 0. The topological polar surface area (TPSA) is 96.4 Å². The van der Waals surface area contributed by atoms with Crippen molar-refractivity contribution in [3.05, 3.63) is 24.3 Å². The van der Waals surface area contributed by atoms with E-state index in [1.54, 1.807) is 26.0 Å². The first-order chi connectivity index (χ1) is 15.0. The Morgan fingerprint density at radius 2 is 1.69 bits per heavy atom. The van der Waals surface area contributed by atoms with Crippen LogP contribution in [0.1, 0.15) is 60.3 Å². The van der Waals surface area contributed by atoms with Gasteiger partial charge < -0.3 is 14.6 Å². The second-order valence-corrected chi connectivity index (χ2v) is 9.83. The molecular weight excluding hydrogens is 410 g/mol. The predicted octanol–water partition coefficient (Wildman–Crippen LogP) is 4.07. The van der Waals surface area contributed by atoms with Crippen molar-refractivity contribution < 1.29 is 29.0 Å². The second-order valence-electron chi connectivity index (χ2n) is 9.83. The number of ether oxygens (including phenoxy) is 2. The van der Waals surface area contributed by atoms with Crippen LogP contribution in [0.5, 0.6) is 5.75 Å². The van der Waals surface area contributed by atoms with Crippen molar-refractivity contribution in [3.8, 4) is 5.75 Å². The number of epoxide rings is 1. The lowest BCUT2D eigenvalue weighted by Crippen LogP contribution is -2.30. The molecule has 1 aromatic carbocycles. The fourth-order valence-electron chi connectivity index (χ4n) is 3.97. The fraction of sp³-hybridized carbons (Fsp3) is 0.640. The number of fused-ring (bicyclic) bond motifs is 1. The van der Waals surface area contributed by atoms with Crippen LogP contribution in [0.3, 0.4) is 0 Å². The van der Waals surface area contributed by atoms with Gasteiger partial charge in [-0.3, -0.25) is 19.3 Å². The van der Waals surface area contributed by atoms with Crippen LogP contribution in [0.2, 0.25) is 0 Å². The number of anilines is 1. The molecule has 1 aromatic rings. The van der Waals surface area contributed by atoms with E-state index in [0.717, 1.165) is 25.7 Å². The van der Waals surface area contributed by atoms with Gasteiger partial charge in [0.25, 0.3) is 0 Å². The van der Waals surface area contributed by atoms with Gasteiger partial charge in [-0.25, -0.2) is 0 Å². The first-order valence-electron chi connectivity index (χ1n) is 11.5. The third-order valence-electron chi connectivity index (χ3n) is 7.08. The Morgan fingerprint density at radius 3 is 2.22 bits per heavy atom. The van der Waals surface area contributed by atoms with Gasteiger partial charge in [-0.1, -0.05) is 20.8 Å². The van der Waals surface area contributed by atoms with Crippen LogP contribution < -0.4 is 4.90 Å². The number of amides is 2. The Balaban J connectivity index is 0.000000181. The minimum absolute atomic E-state index is 0.0613. The number of hydrogen-bond acceptors (Lipinski definition) is 6. The molecule has 7 nitrogen and oxygen atoms in total. The van der Waals surface area contributed by atoms with Gasteiger partial charge in [0.1, 0.15) is 5.75 Å². The van der Waals surface area contributed by atoms with Crippen LogP contribution in [0, 0.1) is 23.2 Å². The lowest BCUT2D eigenvalue weighted by atomic mass is 9.89. The van der Waals surface area contributed by atoms with E-state index in [1.807, 2.05) is 20.8 Å². The highest BCUT2D eigenvalue weighted by molar-refractivity contribution is 6.21. The number of hydrogen-bond donors (Lipinski definition) is 1. The molecule has 0 spiro atoms. The minimum atomic E-state index is -0.340. The summed E-state index contributed by atoms with van der Waals surface area (Å²) < 4.78 is 10.9. The number of nitrogens with zero attached hydrogens (tertiary/aromatic N) is 1. The van der Waals surface area contributed by atoms with Crippen LogP contribution in [0.4, 0.5) is 5.69 Å². The molecule has 2 heterocycles. The molecule has 7 heteroatoms. The average Bonchev–Trinajstić information content (AvgIpc) is 3.53. The summed E-state index contributed by atoms with van der Waals surface area (Å²) in [5.74, 6) is -0.341. The zero-order chi connectivity index (χ0) is 23.6. The van der Waals surface area contributed by atoms with Gasteiger partial charge in [-0.15, -0.1) is 0 Å². The van der Waals surface area contributed by atoms with E-state index in [9.17, 15) is 14.4 Å². The van der Waals surface area contributed by atoms with Crippen LogP contribution in [0.25, 0.3) is 0 Å². The van der Waals surface area contributed by atoms with E-state index in [4.69, 9.17) is 14.6 Å². The molecule has 0 radical (unpaired) electrons. The first-order valence-corrected chi connectivity index (χ1v) is 11.5. The highest BCUT2D eigenvalue weighted by atomic mass is 16.6. The number of rotatable bonds is 5. The third kappa shape index (κ3) is 5.31. The zero-order valence-electron chi connectivity index (χ0n) is 19.7. The highest BCUT2D eigenvalue weighted by Crippen LogP contribution is 2.39. The lowest BCUT2D eigenvalue weighted by Gasteiger charge is -2.24. The van der Waals surface area contributed by atoms with Crippen LogP contribution in [-0.2, 0) is 23.9 Å². The summed E-state index contributed by atoms with van der Waals surface area (Å²) in [6.45, 7) is 9.99. The minimum Gasteiger partial charge on any atom is -0.508 e. The number of phenols is 1. The summed E-state index contributed by atoms with van der Waals surface area (Å²) in [6.07, 6.45) is 5.18. The van der Waals surface area contributed by atoms with E-state index < -0.39 is 0 Å². The summed E-state index contributed by atoms with van der Waals surface area (Å²) in [5.41, 5.74) is 0.178. The van der Waals surface area contributed by atoms with E-state index in [2.05, 4.69) is 0 Å². The Morgan fingerprint density at radius 1 is 1.09 bits per heavy atom. The molecule has 3 fully saturated rings. The van der Waals surface area contributed by atoms with Gasteiger partial charge in [-0.2, -0.15) is 0 Å². The molecule has 4 rings (SSSR count). The molecule has 2 aliphatic heterocycles. The monoisotopic (exact) mass is 445 g/mol. The molecule has 1 saturated carbocycles. The molecule has 3 aliphatic rings. The van der Waals surface area contributed by atoms with E-state index in [-0.39, 0.29) is 40.8 Å². The number of imide groups is 1. The third-order valence-corrected chi connectivity index (χ3v) is 7.08. The number of esters is 1. The lowest BCUT2D eigenvalue weighted by molar-refractivity contribution is -0.155. The molecule has 1 N–H and O–H groups in total. The van der Waals surface area contributed by atoms with Crippen molar-refractivity contribution in [1.29, 1.82) is 0 Å². The molecular formula is C25H35NO6. The van der Waals surface area contributed by atoms with Gasteiger partial charge in [-0.05, 0) is 69.7 Å². The fourth-order valence-corrected chi connectivity index (χ4v) is 3.97. The summed E-state index contributed by atoms with van der Waals surface area (Å²) in [5, 5.41) is 9.15. The Kier molecular flexibility index (Phi) is 7.28. The predicted molar refractivity (Wildman–Crippen MR) is 120 cm³/mol. The number of benzene rings is 1. The molecule has 2 amide bonds. The largest absolute Gasteiger partial charge is 0.508 e. The number of carbonyl (C=O) groups is 3. The quantitative estimate of drug-likeness (QED) is 0.417. The van der Waals surface area contributed by atoms with Gasteiger partial charge in [0.15, 0.2) is 0 Å². The standard InChI is InChI=1S/C13H22O3.C12H13NO3/c1-4-13(2,3)12(14)15-8-9-5-6-10-11(7-9)16-10;1-7-8(2)12(16)13(11(7)15)9-3-5-10(14)6-4-9/h9-11H,4-8H2,1-3H3;3-8,14H,1-2H3. The molecule has 0 aromatic heterocycles. The summed E-state index contributed by atoms with van der Waals surface area (Å²) in [7, 11) is 0. The van der Waals surface area contributed by atoms with E-state index in [1.165, 1.54) is 17.0 Å². The van der Waals surface area contributed by atoms with Crippen LogP contribution >= 0.6 is 0 Å². The maximum atomic E-state index is 11.9. The maximum absolute atomic E-state index is 11.9. The Bertz CT molecular complexity index is 828. The smallest absolute Gasteiger partial charge is 0.311 e. The summed E-state index contributed by atoms with van der Waals surface area (Å²) in [4.78, 5) is 36.7. The second kappa shape index (κ2) is 9.61. The first kappa shape index (κ1) is 24.2. The number of aromatic hydroxyl groups is 1. The Hall–Kier alpha value is -2.41. The van der Waals surface area contributed by atoms with Gasteiger partial charge >= 0.3 is 5.97 Å². The van der Waals surface area contributed by atoms with Crippen LogP contribution in [0.15, 0.2) is 24.3 Å². The van der Waals surface area contributed by atoms with E-state index in [0.29, 0.717) is 30.4 Å². The van der Waals surface area contributed by atoms with Crippen molar-refractivity contribution in [1.82, 2.24) is 0 Å². The maximum Gasteiger partial charge on any atom is 0.311 e. The van der Waals surface area contributed by atoms with Gasteiger partial charge in [0, 0.05) is 11.8 Å². The van der Waals surface area contributed by atoms with Crippen molar-refractivity contribution in [2.24, 2.45) is 23.2 Å². The number of phenolic OH excluding ortho intramolecular Hbond substituents is 1. The molecule has 0 bridgehead atoms. The summed E-state index contributed by atoms with van der Waals surface area (Å²) in [6, 6.07) is 6.05. The number of carbonyl (C=O) groups excluding carboxylic acids is 3. The average molecular weight is 446 g/mol. The normalized spacial score (nSPS) is 29.2. The molecule has 5 atom stereocenters. The highest BCUT2D eigenvalue weighted by Gasteiger charge is 2.44. The molecule has 5 unspecified atom stereocenters. The molecule has 176 valence electrons. The zero-order valence-corrected chi connectivity index (χ0v) is 19.7. The van der Waals surface area contributed by atoms with Crippen molar-refractivity contribution >= 4 is 23.5 Å². The van der Waals surface area contributed by atoms with E-state index >= 15 is 0 Å². The van der Waals surface area contributed by atoms with Crippen LogP contribution in [-0.4, -0.2) is 41.7 Å². The Labute approximate surface area is 190 Å². The molecule has 2 saturated heterocycles. The van der Waals surface area contributed by atoms with Gasteiger partial charge in [0.2, 0.25) is 11.8 Å². The molecule has 32 heavy (non-hydrogen) atoms. The van der Waals surface area contributed by atoms with Gasteiger partial charge in [0.05, 0.1) is 29.9 Å². The van der Waals surface area contributed by atoms with Crippen molar-refractivity contribution in [3.63, 3.8) is 0 Å². The SMILES string of the molecule is CC1C(=O)N(c2ccc(O)cc2)C(=O)C1C.CCC(C)(C)C(=O)OCC1CCC2OC2C1.